The van der Waals surface area contributed by atoms with Crippen molar-refractivity contribution in [1.29, 1.82) is 0 Å². The Bertz CT molecular complexity index is 1660. The number of fused-ring (bicyclic) bond motifs is 1. The summed E-state index contributed by atoms with van der Waals surface area (Å²) in [6.45, 7) is 13.6. The third-order valence-electron chi connectivity index (χ3n) is 10.0. The van der Waals surface area contributed by atoms with Crippen LogP contribution in [0.25, 0.3) is 5.65 Å². The molecule has 4 aromatic rings. The predicted molar refractivity (Wildman–Crippen MR) is 176 cm³/mol. The van der Waals surface area contributed by atoms with Gasteiger partial charge in [0, 0.05) is 50.4 Å². The summed E-state index contributed by atoms with van der Waals surface area (Å²) < 4.78 is 9.11. The normalized spacial score (nSPS) is 21.1. The lowest BCUT2D eigenvalue weighted by Crippen LogP contribution is -2.50. The van der Waals surface area contributed by atoms with Gasteiger partial charge in [-0.3, -0.25) is 5.32 Å². The van der Waals surface area contributed by atoms with E-state index < -0.39 is 8.32 Å². The van der Waals surface area contributed by atoms with Crippen molar-refractivity contribution in [3.63, 3.8) is 0 Å². The summed E-state index contributed by atoms with van der Waals surface area (Å²) in [6, 6.07) is 16.5. The quantitative estimate of drug-likeness (QED) is 0.228. The van der Waals surface area contributed by atoms with Gasteiger partial charge in [-0.15, -0.1) is 0 Å². The molecule has 44 heavy (non-hydrogen) atoms. The number of imidazole rings is 1. The highest BCUT2D eigenvalue weighted by atomic mass is 28.4. The summed E-state index contributed by atoms with van der Waals surface area (Å²) >= 11 is 0. The lowest BCUT2D eigenvalue weighted by atomic mass is 9.92. The Morgan fingerprint density at radius 2 is 1.73 bits per heavy atom. The average Bonchev–Trinajstić information content (AvgIpc) is 3.59. The van der Waals surface area contributed by atoms with Gasteiger partial charge in [0.2, 0.25) is 0 Å². The fourth-order valence-electron chi connectivity index (χ4n) is 6.20. The Labute approximate surface area is 260 Å². The number of hydrogen-bond acceptors (Lipinski definition) is 6. The number of urea groups is 1. The van der Waals surface area contributed by atoms with Crippen LogP contribution >= 0.6 is 0 Å². The van der Waals surface area contributed by atoms with Gasteiger partial charge in [0.15, 0.2) is 8.32 Å². The Morgan fingerprint density at radius 1 is 0.955 bits per heavy atom. The van der Waals surface area contributed by atoms with Crippen molar-refractivity contribution in [3.05, 3.63) is 84.1 Å². The number of benzene rings is 1. The lowest BCUT2D eigenvalue weighted by molar-refractivity contribution is 0.164. The van der Waals surface area contributed by atoms with Crippen LogP contribution in [0.15, 0.2) is 67.3 Å². The number of pyridine rings is 1. The molecule has 2 saturated heterocycles. The molecular weight excluding hydrogens is 567 g/mol. The van der Waals surface area contributed by atoms with Crippen LogP contribution in [0.2, 0.25) is 18.1 Å². The van der Waals surface area contributed by atoms with E-state index in [2.05, 4.69) is 95.1 Å². The zero-order valence-corrected chi connectivity index (χ0v) is 27.4. The van der Waals surface area contributed by atoms with Gasteiger partial charge in [0.25, 0.3) is 0 Å². The van der Waals surface area contributed by atoms with E-state index in [1.165, 1.54) is 24.0 Å². The molecule has 3 fully saturated rings. The number of likely N-dealkylation sites (tertiary alicyclic amines) is 1. The number of hydrogen-bond donors (Lipinski definition) is 1. The fourth-order valence-corrected chi connectivity index (χ4v) is 7.56. The zero-order chi connectivity index (χ0) is 30.6. The van der Waals surface area contributed by atoms with Crippen LogP contribution in [-0.4, -0.2) is 64.3 Å². The van der Waals surface area contributed by atoms with Gasteiger partial charge in [-0.05, 0) is 54.1 Å². The number of anilines is 2. The van der Waals surface area contributed by atoms with Gasteiger partial charge in [-0.1, -0.05) is 57.2 Å². The van der Waals surface area contributed by atoms with Crippen molar-refractivity contribution in [1.82, 2.24) is 24.3 Å². The van der Waals surface area contributed by atoms with Crippen LogP contribution in [-0.2, 0) is 4.43 Å². The summed E-state index contributed by atoms with van der Waals surface area (Å²) in [7, 11) is -2.00. The summed E-state index contributed by atoms with van der Waals surface area (Å²) in [4.78, 5) is 31.4. The molecule has 2 aliphatic heterocycles. The van der Waals surface area contributed by atoms with Crippen LogP contribution in [0.4, 0.5) is 16.4 Å². The molecule has 3 aliphatic rings. The first-order valence-electron chi connectivity index (χ1n) is 15.9. The topological polar surface area (TPSA) is 87.9 Å². The molecule has 7 rings (SSSR count). The molecule has 1 aromatic carbocycles. The molecule has 1 aliphatic carbocycles. The highest BCUT2D eigenvalue weighted by Crippen LogP contribution is 2.43. The summed E-state index contributed by atoms with van der Waals surface area (Å²) in [5.74, 6) is 2.32. The fraction of sp³-hybridized carbons (Fsp3) is 0.471. The maximum Gasteiger partial charge on any atom is 0.323 e. The van der Waals surface area contributed by atoms with Gasteiger partial charge in [0.1, 0.15) is 23.6 Å². The van der Waals surface area contributed by atoms with Gasteiger partial charge in [-0.25, -0.2) is 19.7 Å². The van der Waals surface area contributed by atoms with E-state index in [4.69, 9.17) is 9.41 Å². The number of amides is 2. The Balaban J connectivity index is 1.11. The van der Waals surface area contributed by atoms with E-state index in [1.807, 2.05) is 29.2 Å². The van der Waals surface area contributed by atoms with Crippen LogP contribution in [0.3, 0.4) is 0 Å². The van der Waals surface area contributed by atoms with E-state index >= 15 is 0 Å². The highest BCUT2D eigenvalue weighted by molar-refractivity contribution is 6.74. The second-order valence-electron chi connectivity index (χ2n) is 14.3. The number of carbonyl (C=O) groups is 1. The predicted octanol–water partition coefficient (Wildman–Crippen LogP) is 6.97. The maximum absolute atomic E-state index is 13.1. The molecule has 0 unspecified atom stereocenters. The minimum atomic E-state index is -2.00. The molecule has 0 spiro atoms. The molecule has 9 nitrogen and oxygen atoms in total. The van der Waals surface area contributed by atoms with E-state index in [9.17, 15) is 4.79 Å². The number of carbonyl (C=O) groups excluding carboxylic acids is 1. The summed E-state index contributed by atoms with van der Waals surface area (Å²) in [6.07, 6.45) is 9.37. The molecule has 0 bridgehead atoms. The summed E-state index contributed by atoms with van der Waals surface area (Å²) in [5.41, 5.74) is 4.62. The minimum Gasteiger partial charge on any atom is -0.412 e. The third kappa shape index (κ3) is 5.72. The molecule has 230 valence electrons. The van der Waals surface area contributed by atoms with Gasteiger partial charge in [0.05, 0.1) is 17.8 Å². The number of nitrogens with one attached hydrogen (secondary N) is 1. The van der Waals surface area contributed by atoms with E-state index in [-0.39, 0.29) is 23.2 Å². The van der Waals surface area contributed by atoms with Crippen LogP contribution < -0.4 is 10.2 Å². The van der Waals surface area contributed by atoms with Crippen molar-refractivity contribution >= 4 is 31.6 Å². The molecule has 1 saturated carbocycles. The van der Waals surface area contributed by atoms with Crippen molar-refractivity contribution in [2.75, 3.05) is 29.9 Å². The van der Waals surface area contributed by atoms with Crippen molar-refractivity contribution in [2.24, 2.45) is 0 Å². The third-order valence-corrected chi connectivity index (χ3v) is 14.6. The van der Waals surface area contributed by atoms with Crippen molar-refractivity contribution in [3.8, 4) is 0 Å². The lowest BCUT2D eigenvalue weighted by Gasteiger charge is -2.39. The molecule has 1 N–H and O–H groups in total. The first-order chi connectivity index (χ1) is 21.0. The van der Waals surface area contributed by atoms with E-state index in [0.717, 1.165) is 23.6 Å². The Morgan fingerprint density at radius 3 is 2.45 bits per heavy atom. The zero-order valence-electron chi connectivity index (χ0n) is 26.4. The van der Waals surface area contributed by atoms with Crippen molar-refractivity contribution < 1.29 is 9.22 Å². The average molecular weight is 610 g/mol. The number of aromatic nitrogens is 4. The van der Waals surface area contributed by atoms with E-state index in [1.54, 1.807) is 6.33 Å². The maximum atomic E-state index is 13.1. The van der Waals surface area contributed by atoms with Gasteiger partial charge < -0.3 is 18.6 Å². The Kier molecular flexibility index (Phi) is 7.24. The molecule has 10 heteroatoms. The first kappa shape index (κ1) is 29.0. The minimum absolute atomic E-state index is 0.00509. The Hall–Kier alpha value is -3.76. The standard InChI is InChI=1S/C34H43N7O2Si/c1-34(2,3)44(4,5)43-27-15-29(28-21-39-17-25(24-11-12-24)13-14-31(39)37-28)41(20-27)32-16-30(35-22-36-32)38-33(42)40-18-26(19-40)23-9-7-6-8-10-23/h6-10,13-14,16-17,21-22,24,26-27,29H,11-12,15,18-20H2,1-5H3,(H,35,36,38,42)/t27-,29+/m0/s1. The van der Waals surface area contributed by atoms with Crippen LogP contribution in [0.1, 0.15) is 74.7 Å². The molecule has 5 heterocycles. The molecule has 3 aromatic heterocycles. The second kappa shape index (κ2) is 11.0. The van der Waals surface area contributed by atoms with E-state index in [0.29, 0.717) is 37.3 Å². The van der Waals surface area contributed by atoms with Crippen LogP contribution in [0, 0.1) is 0 Å². The molecule has 0 radical (unpaired) electrons. The first-order valence-corrected chi connectivity index (χ1v) is 18.8. The smallest absolute Gasteiger partial charge is 0.323 e. The number of nitrogens with zero attached hydrogens (tertiary/aromatic N) is 6. The molecule has 2 atom stereocenters. The summed E-state index contributed by atoms with van der Waals surface area (Å²) in [5, 5.41) is 3.13. The molecular formula is C34H43N7O2Si. The molecule has 2 amide bonds. The number of rotatable bonds is 7. The van der Waals surface area contributed by atoms with Crippen molar-refractivity contribution in [2.45, 2.75) is 82.1 Å². The second-order valence-corrected chi connectivity index (χ2v) is 19.0. The SMILES string of the molecule is CC(C)(C)[Si](C)(C)O[C@H]1C[C@H](c2cn3cc(C4CC4)ccc3n2)N(c2cc(NC(=O)N3CC(c4ccccc4)C3)ncn2)C1. The van der Waals surface area contributed by atoms with Crippen LogP contribution in [0.5, 0.6) is 0 Å². The van der Waals surface area contributed by atoms with Gasteiger partial charge in [-0.2, -0.15) is 0 Å². The monoisotopic (exact) mass is 609 g/mol. The van der Waals surface area contributed by atoms with Gasteiger partial charge >= 0.3 is 6.03 Å². The largest absolute Gasteiger partial charge is 0.412 e. The highest BCUT2D eigenvalue weighted by Gasteiger charge is 2.44.